The first kappa shape index (κ1) is 19.3. The van der Waals surface area contributed by atoms with Crippen molar-refractivity contribution in [2.75, 3.05) is 18.2 Å². The van der Waals surface area contributed by atoms with Crippen LogP contribution < -0.4 is 10.6 Å². The number of hydrogen-bond acceptors (Lipinski definition) is 6. The van der Waals surface area contributed by atoms with Gasteiger partial charge < -0.3 is 10.6 Å². The normalized spacial score (nSPS) is 10.7. The molecule has 8 heteroatoms. The number of nitrogens with zero attached hydrogens (tertiary/aromatic N) is 3. The number of rotatable bonds is 8. The lowest BCUT2D eigenvalue weighted by Gasteiger charge is -2.10. The van der Waals surface area contributed by atoms with Gasteiger partial charge in [0, 0.05) is 10.6 Å². The maximum Gasteiger partial charge on any atom is 0.210 e. The molecule has 1 aromatic heterocycles. The van der Waals surface area contributed by atoms with E-state index in [4.69, 9.17) is 22.2 Å². The molecule has 0 unspecified atom stereocenters. The summed E-state index contributed by atoms with van der Waals surface area (Å²) in [5, 5.41) is 9.34. The molecule has 3 aromatic rings. The van der Waals surface area contributed by atoms with Crippen LogP contribution in [0.2, 0.25) is 5.02 Å². The average Bonchev–Trinajstić information content (AvgIpc) is 3.05. The number of nitrogens with two attached hydrogens (primary N) is 1. The van der Waals surface area contributed by atoms with E-state index in [1.807, 2.05) is 31.2 Å². The highest BCUT2D eigenvalue weighted by molar-refractivity contribution is 7.99. The van der Waals surface area contributed by atoms with E-state index in [1.54, 1.807) is 24.3 Å². The topological polar surface area (TPSA) is 83.0 Å². The molecule has 1 heterocycles. The van der Waals surface area contributed by atoms with Crippen LogP contribution in [0.15, 0.2) is 53.7 Å². The molecule has 0 atom stereocenters. The molecular formula is C19H19ClN4O2S. The minimum atomic E-state index is -0.0344. The fourth-order valence-corrected chi connectivity index (χ4v) is 3.27. The fraction of sp³-hybridized carbons (Fsp3) is 0.211. The molecule has 27 heavy (non-hydrogen) atoms. The number of carbonyl (C=O) groups is 1. The first-order valence-electron chi connectivity index (χ1n) is 8.44. The lowest BCUT2D eigenvalue weighted by Crippen LogP contribution is -2.13. The SMILES string of the molecule is CCCOc1ccccc1-c1nnc(SCC(=O)c2ccc(Cl)cc2)n1N. The van der Waals surface area contributed by atoms with Crippen molar-refractivity contribution in [2.45, 2.75) is 18.5 Å². The largest absolute Gasteiger partial charge is 0.493 e. The first-order chi connectivity index (χ1) is 13.1. The number of Topliss-reactive ketones (excluding diaryl/α,β-unsaturated/α-hetero) is 1. The van der Waals surface area contributed by atoms with Gasteiger partial charge in [0.2, 0.25) is 5.16 Å². The molecule has 0 saturated carbocycles. The number of thioether (sulfide) groups is 1. The number of ketones is 1. The summed E-state index contributed by atoms with van der Waals surface area (Å²) in [5.41, 5.74) is 1.35. The van der Waals surface area contributed by atoms with E-state index in [0.717, 1.165) is 12.0 Å². The van der Waals surface area contributed by atoms with Gasteiger partial charge >= 0.3 is 0 Å². The Morgan fingerprint density at radius 1 is 1.19 bits per heavy atom. The Balaban J connectivity index is 1.74. The van der Waals surface area contributed by atoms with Crippen LogP contribution in [0.3, 0.4) is 0 Å². The highest BCUT2D eigenvalue weighted by Gasteiger charge is 2.17. The van der Waals surface area contributed by atoms with E-state index in [9.17, 15) is 4.79 Å². The molecule has 0 aliphatic heterocycles. The maximum absolute atomic E-state index is 12.3. The standard InChI is InChI=1S/C19H19ClN4O2S/c1-2-11-26-17-6-4-3-5-15(17)18-22-23-19(24(18)21)27-12-16(25)13-7-9-14(20)10-8-13/h3-10H,2,11-12,21H2,1H3. The van der Waals surface area contributed by atoms with Gasteiger partial charge in [0.05, 0.1) is 17.9 Å². The van der Waals surface area contributed by atoms with E-state index in [2.05, 4.69) is 10.2 Å². The molecule has 0 aliphatic carbocycles. The van der Waals surface area contributed by atoms with E-state index in [1.165, 1.54) is 16.4 Å². The summed E-state index contributed by atoms with van der Waals surface area (Å²) in [4.78, 5) is 12.3. The Kier molecular flexibility index (Phi) is 6.36. The van der Waals surface area contributed by atoms with Gasteiger partial charge in [0.15, 0.2) is 11.6 Å². The zero-order valence-corrected chi connectivity index (χ0v) is 16.3. The summed E-state index contributed by atoms with van der Waals surface area (Å²) < 4.78 is 7.15. The summed E-state index contributed by atoms with van der Waals surface area (Å²) in [6.07, 6.45) is 0.900. The molecule has 0 saturated heterocycles. The highest BCUT2D eigenvalue weighted by atomic mass is 35.5. The van der Waals surface area contributed by atoms with Crippen LogP contribution in [0.4, 0.5) is 0 Å². The number of hydrogen-bond donors (Lipinski definition) is 1. The Morgan fingerprint density at radius 3 is 2.67 bits per heavy atom. The van der Waals surface area contributed by atoms with Crippen LogP contribution in [0.1, 0.15) is 23.7 Å². The molecule has 0 aliphatic rings. The number of carbonyl (C=O) groups excluding carboxylic acids is 1. The van der Waals surface area contributed by atoms with Crippen molar-refractivity contribution in [1.29, 1.82) is 0 Å². The quantitative estimate of drug-likeness (QED) is 0.347. The molecule has 0 radical (unpaired) electrons. The molecule has 2 N–H and O–H groups in total. The average molecular weight is 403 g/mol. The third-order valence-electron chi connectivity index (χ3n) is 3.75. The first-order valence-corrected chi connectivity index (χ1v) is 9.80. The third-order valence-corrected chi connectivity index (χ3v) is 4.95. The van der Waals surface area contributed by atoms with Gasteiger partial charge in [-0.25, -0.2) is 4.68 Å². The summed E-state index contributed by atoms with van der Waals surface area (Å²) in [5.74, 6) is 7.52. The van der Waals surface area contributed by atoms with Crippen molar-refractivity contribution in [3.63, 3.8) is 0 Å². The van der Waals surface area contributed by atoms with Crippen molar-refractivity contribution in [2.24, 2.45) is 0 Å². The number of para-hydroxylation sites is 1. The number of halogens is 1. The van der Waals surface area contributed by atoms with E-state index in [0.29, 0.717) is 33.9 Å². The molecule has 6 nitrogen and oxygen atoms in total. The summed E-state index contributed by atoms with van der Waals surface area (Å²) in [7, 11) is 0. The van der Waals surface area contributed by atoms with E-state index >= 15 is 0 Å². The van der Waals surface area contributed by atoms with Crippen LogP contribution >= 0.6 is 23.4 Å². The Morgan fingerprint density at radius 2 is 1.93 bits per heavy atom. The summed E-state index contributed by atoms with van der Waals surface area (Å²) in [6.45, 7) is 2.65. The van der Waals surface area contributed by atoms with Gasteiger partial charge in [0.25, 0.3) is 0 Å². The van der Waals surface area contributed by atoms with Crippen LogP contribution in [0, 0.1) is 0 Å². The Hall–Kier alpha value is -2.51. The van der Waals surface area contributed by atoms with Crippen molar-refractivity contribution in [1.82, 2.24) is 14.9 Å². The third kappa shape index (κ3) is 4.61. The van der Waals surface area contributed by atoms with Crippen molar-refractivity contribution < 1.29 is 9.53 Å². The Bertz CT molecular complexity index is 928. The monoisotopic (exact) mass is 402 g/mol. The van der Waals surface area contributed by atoms with Gasteiger partial charge in [-0.05, 0) is 42.8 Å². The molecule has 0 fully saturated rings. The van der Waals surface area contributed by atoms with Gasteiger partial charge in [0.1, 0.15) is 5.75 Å². The maximum atomic E-state index is 12.3. The van der Waals surface area contributed by atoms with Gasteiger partial charge in [-0.1, -0.05) is 42.4 Å². The Labute approximate surface area is 166 Å². The van der Waals surface area contributed by atoms with Gasteiger partial charge in [-0.3, -0.25) is 4.79 Å². The minimum Gasteiger partial charge on any atom is -0.493 e. The van der Waals surface area contributed by atoms with Crippen molar-refractivity contribution >= 4 is 29.1 Å². The molecule has 2 aromatic carbocycles. The summed E-state index contributed by atoms with van der Waals surface area (Å²) >= 11 is 7.09. The fourth-order valence-electron chi connectivity index (χ4n) is 2.40. The smallest absolute Gasteiger partial charge is 0.210 e. The van der Waals surface area contributed by atoms with Gasteiger partial charge in [-0.15, -0.1) is 10.2 Å². The molecule has 0 spiro atoms. The lowest BCUT2D eigenvalue weighted by molar-refractivity contribution is 0.102. The molecule has 140 valence electrons. The van der Waals surface area contributed by atoms with E-state index < -0.39 is 0 Å². The number of ether oxygens (including phenoxy) is 1. The second-order valence-electron chi connectivity index (χ2n) is 5.74. The predicted molar refractivity (Wildman–Crippen MR) is 108 cm³/mol. The summed E-state index contributed by atoms with van der Waals surface area (Å²) in [6, 6.07) is 14.3. The van der Waals surface area contributed by atoms with Crippen LogP contribution in [-0.2, 0) is 0 Å². The minimum absolute atomic E-state index is 0.0344. The number of aromatic nitrogens is 3. The van der Waals surface area contributed by atoms with Crippen LogP contribution in [-0.4, -0.2) is 33.0 Å². The number of nitrogen functional groups attached to an aromatic ring is 1. The lowest BCUT2D eigenvalue weighted by atomic mass is 10.1. The zero-order chi connectivity index (χ0) is 19.2. The zero-order valence-electron chi connectivity index (χ0n) is 14.8. The second-order valence-corrected chi connectivity index (χ2v) is 7.12. The van der Waals surface area contributed by atoms with Crippen molar-refractivity contribution in [3.8, 4) is 17.1 Å². The van der Waals surface area contributed by atoms with E-state index in [-0.39, 0.29) is 11.5 Å². The molecular weight excluding hydrogens is 384 g/mol. The highest BCUT2D eigenvalue weighted by Crippen LogP contribution is 2.30. The molecule has 0 bridgehead atoms. The second kappa shape index (κ2) is 8.92. The van der Waals surface area contributed by atoms with Gasteiger partial charge in [-0.2, -0.15) is 0 Å². The number of benzene rings is 2. The van der Waals surface area contributed by atoms with Crippen molar-refractivity contribution in [3.05, 3.63) is 59.1 Å². The predicted octanol–water partition coefficient (Wildman–Crippen LogP) is 4.08. The van der Waals surface area contributed by atoms with Crippen LogP contribution in [0.25, 0.3) is 11.4 Å². The molecule has 3 rings (SSSR count). The molecule has 0 amide bonds. The van der Waals surface area contributed by atoms with Crippen LogP contribution in [0.5, 0.6) is 5.75 Å².